The summed E-state index contributed by atoms with van der Waals surface area (Å²) in [5, 5.41) is 3.10. The number of alkyl halides is 3. The van der Waals surface area contributed by atoms with Crippen LogP contribution in [0.4, 0.5) is 13.2 Å². The van der Waals surface area contributed by atoms with E-state index in [4.69, 9.17) is 0 Å². The lowest BCUT2D eigenvalue weighted by Crippen LogP contribution is -2.50. The Kier molecular flexibility index (Phi) is 3.58. The maximum absolute atomic E-state index is 12.7. The molecule has 2 fully saturated rings. The van der Waals surface area contributed by atoms with Gasteiger partial charge in [-0.25, -0.2) is 0 Å². The monoisotopic (exact) mass is 264 g/mol. The van der Waals surface area contributed by atoms with Crippen LogP contribution < -0.4 is 5.32 Å². The van der Waals surface area contributed by atoms with Gasteiger partial charge in [0.1, 0.15) is 0 Å². The smallest absolute Gasteiger partial charge is 0.342 e. The highest BCUT2D eigenvalue weighted by atomic mass is 19.4. The molecule has 0 bridgehead atoms. The van der Waals surface area contributed by atoms with Crippen molar-refractivity contribution in [2.75, 3.05) is 26.2 Å². The highest BCUT2D eigenvalue weighted by Gasteiger charge is 2.46. The van der Waals surface area contributed by atoms with Gasteiger partial charge in [0.25, 0.3) is 0 Å². The molecule has 104 valence electrons. The predicted octanol–water partition coefficient (Wildman–Crippen LogP) is 1.79. The van der Waals surface area contributed by atoms with Crippen molar-refractivity contribution in [3.05, 3.63) is 0 Å². The number of amides is 1. The van der Waals surface area contributed by atoms with Crippen molar-refractivity contribution in [2.24, 2.45) is 11.3 Å². The fourth-order valence-electron chi connectivity index (χ4n) is 2.81. The minimum Gasteiger partial charge on any atom is -0.342 e. The van der Waals surface area contributed by atoms with Crippen LogP contribution in [-0.4, -0.2) is 43.2 Å². The lowest BCUT2D eigenvalue weighted by Gasteiger charge is -2.37. The van der Waals surface area contributed by atoms with Crippen molar-refractivity contribution in [2.45, 2.75) is 32.4 Å². The number of halogens is 3. The molecule has 0 aromatic heterocycles. The number of carbonyl (C=O) groups excluding carboxylic acids is 1. The number of piperidine rings is 1. The zero-order valence-electron chi connectivity index (χ0n) is 10.5. The molecule has 0 radical (unpaired) electrons. The molecule has 0 aliphatic carbocycles. The highest BCUT2D eigenvalue weighted by molar-refractivity contribution is 5.83. The maximum Gasteiger partial charge on any atom is 0.393 e. The van der Waals surface area contributed by atoms with Gasteiger partial charge in [0.15, 0.2) is 0 Å². The molecule has 18 heavy (non-hydrogen) atoms. The van der Waals surface area contributed by atoms with E-state index in [0.29, 0.717) is 25.9 Å². The van der Waals surface area contributed by atoms with Crippen LogP contribution in [0.3, 0.4) is 0 Å². The first-order valence-corrected chi connectivity index (χ1v) is 6.40. The van der Waals surface area contributed by atoms with Gasteiger partial charge in [-0.2, -0.15) is 13.2 Å². The number of nitrogens with one attached hydrogen (secondary N) is 1. The lowest BCUT2D eigenvalue weighted by atomic mass is 9.86. The van der Waals surface area contributed by atoms with Crippen LogP contribution in [0.25, 0.3) is 0 Å². The first-order chi connectivity index (χ1) is 8.33. The van der Waals surface area contributed by atoms with Gasteiger partial charge in [0.05, 0.1) is 11.3 Å². The van der Waals surface area contributed by atoms with Gasteiger partial charge in [0.2, 0.25) is 5.91 Å². The van der Waals surface area contributed by atoms with E-state index < -0.39 is 17.5 Å². The third-order valence-corrected chi connectivity index (χ3v) is 4.06. The second-order valence-corrected chi connectivity index (χ2v) is 5.62. The molecular weight excluding hydrogens is 245 g/mol. The van der Waals surface area contributed by atoms with Crippen LogP contribution in [-0.2, 0) is 4.79 Å². The quantitative estimate of drug-likeness (QED) is 0.783. The Morgan fingerprint density at radius 2 is 2.17 bits per heavy atom. The molecule has 2 unspecified atom stereocenters. The van der Waals surface area contributed by atoms with Gasteiger partial charge in [-0.15, -0.1) is 0 Å². The van der Waals surface area contributed by atoms with Crippen molar-refractivity contribution < 1.29 is 18.0 Å². The Labute approximate surface area is 105 Å². The van der Waals surface area contributed by atoms with E-state index in [2.05, 4.69) is 5.32 Å². The largest absolute Gasteiger partial charge is 0.393 e. The second kappa shape index (κ2) is 4.72. The summed E-state index contributed by atoms with van der Waals surface area (Å²) in [5.41, 5.74) is -0.520. The van der Waals surface area contributed by atoms with E-state index in [0.717, 1.165) is 6.54 Å². The van der Waals surface area contributed by atoms with Gasteiger partial charge in [0, 0.05) is 19.6 Å². The zero-order valence-corrected chi connectivity index (χ0v) is 10.5. The van der Waals surface area contributed by atoms with Crippen molar-refractivity contribution in [1.29, 1.82) is 0 Å². The van der Waals surface area contributed by atoms with E-state index in [9.17, 15) is 18.0 Å². The Morgan fingerprint density at radius 3 is 2.72 bits per heavy atom. The number of carbonyl (C=O) groups is 1. The van der Waals surface area contributed by atoms with Crippen molar-refractivity contribution in [1.82, 2.24) is 10.2 Å². The van der Waals surface area contributed by atoms with Gasteiger partial charge in [-0.3, -0.25) is 4.79 Å². The predicted molar refractivity (Wildman–Crippen MR) is 61.0 cm³/mol. The fraction of sp³-hybridized carbons (Fsp3) is 0.917. The summed E-state index contributed by atoms with van der Waals surface area (Å²) in [5.74, 6) is -1.48. The fourth-order valence-corrected chi connectivity index (χ4v) is 2.81. The molecule has 2 aliphatic rings. The van der Waals surface area contributed by atoms with Crippen LogP contribution in [0.5, 0.6) is 0 Å². The minimum absolute atomic E-state index is 0.124. The molecule has 2 aliphatic heterocycles. The Balaban J connectivity index is 2.03. The summed E-state index contributed by atoms with van der Waals surface area (Å²) in [7, 11) is 0. The molecule has 2 saturated heterocycles. The molecule has 2 rings (SSSR count). The van der Waals surface area contributed by atoms with Gasteiger partial charge in [-0.05, 0) is 32.7 Å². The first kappa shape index (κ1) is 13.6. The standard InChI is InChI=1S/C12H19F3N2O/c1-11(4-5-16-8-11)10(18)17-6-2-3-9(7-17)12(13,14)15/h9,16H,2-8H2,1H3. The molecule has 0 aromatic carbocycles. The molecule has 1 amide bonds. The zero-order chi connectivity index (χ0) is 13.4. The topological polar surface area (TPSA) is 32.3 Å². The summed E-state index contributed by atoms with van der Waals surface area (Å²) in [6.07, 6.45) is -2.89. The number of rotatable bonds is 1. The minimum atomic E-state index is -4.19. The molecule has 1 N–H and O–H groups in total. The summed E-state index contributed by atoms with van der Waals surface area (Å²) < 4.78 is 38.1. The Hall–Kier alpha value is -0.780. The first-order valence-electron chi connectivity index (χ1n) is 6.40. The molecule has 0 spiro atoms. The van der Waals surface area contributed by atoms with Crippen LogP contribution >= 0.6 is 0 Å². The lowest BCUT2D eigenvalue weighted by molar-refractivity contribution is -0.189. The Morgan fingerprint density at radius 1 is 1.44 bits per heavy atom. The molecule has 2 heterocycles. The second-order valence-electron chi connectivity index (χ2n) is 5.62. The molecule has 3 nitrogen and oxygen atoms in total. The van der Waals surface area contributed by atoms with Crippen molar-refractivity contribution in [3.63, 3.8) is 0 Å². The SMILES string of the molecule is CC1(C(=O)N2CCCC(C(F)(F)F)C2)CCNC1. The van der Waals surface area contributed by atoms with E-state index >= 15 is 0 Å². The number of hydrogen-bond acceptors (Lipinski definition) is 2. The van der Waals surface area contributed by atoms with Crippen molar-refractivity contribution >= 4 is 5.91 Å². The van der Waals surface area contributed by atoms with Gasteiger partial charge < -0.3 is 10.2 Å². The van der Waals surface area contributed by atoms with Crippen LogP contribution in [0.2, 0.25) is 0 Å². The van der Waals surface area contributed by atoms with Crippen LogP contribution in [0.1, 0.15) is 26.2 Å². The normalized spacial score (nSPS) is 33.8. The average molecular weight is 264 g/mol. The molecule has 0 aromatic rings. The Bertz CT molecular complexity index is 324. The average Bonchev–Trinajstić information content (AvgIpc) is 2.75. The molecular formula is C12H19F3N2O. The summed E-state index contributed by atoms with van der Waals surface area (Å²) in [6.45, 7) is 3.46. The molecule has 2 atom stereocenters. The van der Waals surface area contributed by atoms with E-state index in [-0.39, 0.29) is 18.9 Å². The third kappa shape index (κ3) is 2.63. The van der Waals surface area contributed by atoms with E-state index in [1.807, 2.05) is 6.92 Å². The van der Waals surface area contributed by atoms with Crippen molar-refractivity contribution in [3.8, 4) is 0 Å². The van der Waals surface area contributed by atoms with Gasteiger partial charge >= 0.3 is 6.18 Å². The van der Waals surface area contributed by atoms with E-state index in [1.54, 1.807) is 0 Å². The summed E-state index contributed by atoms with van der Waals surface area (Å²) in [4.78, 5) is 13.7. The number of hydrogen-bond donors (Lipinski definition) is 1. The third-order valence-electron chi connectivity index (χ3n) is 4.06. The molecule has 6 heteroatoms. The number of nitrogens with zero attached hydrogens (tertiary/aromatic N) is 1. The van der Waals surface area contributed by atoms with Crippen LogP contribution in [0, 0.1) is 11.3 Å². The van der Waals surface area contributed by atoms with Gasteiger partial charge in [-0.1, -0.05) is 0 Å². The van der Waals surface area contributed by atoms with E-state index in [1.165, 1.54) is 4.90 Å². The highest BCUT2D eigenvalue weighted by Crippen LogP contribution is 2.35. The summed E-state index contributed by atoms with van der Waals surface area (Å²) >= 11 is 0. The molecule has 0 saturated carbocycles. The maximum atomic E-state index is 12.7. The number of likely N-dealkylation sites (tertiary alicyclic amines) is 1. The summed E-state index contributed by atoms with van der Waals surface area (Å²) in [6, 6.07) is 0. The van der Waals surface area contributed by atoms with Crippen LogP contribution in [0.15, 0.2) is 0 Å².